The van der Waals surface area contributed by atoms with Crippen LogP contribution in [0.2, 0.25) is 0 Å². The van der Waals surface area contributed by atoms with E-state index in [2.05, 4.69) is 13.8 Å². The maximum absolute atomic E-state index is 14.8. The minimum atomic E-state index is -0.658. The normalized spacial score (nSPS) is 30.0. The van der Waals surface area contributed by atoms with Crippen molar-refractivity contribution < 1.29 is 8.78 Å². The third-order valence-electron chi connectivity index (χ3n) is 12.3. The molecule has 0 bridgehead atoms. The molecule has 0 heterocycles. The molecule has 0 N–H and O–H groups in total. The Labute approximate surface area is 276 Å². The summed E-state index contributed by atoms with van der Waals surface area (Å²) in [6.07, 6.45) is 38.3. The smallest absolute Gasteiger partial charge is 0.100 e. The summed E-state index contributed by atoms with van der Waals surface area (Å²) in [5.74, 6) is 3.80. The summed E-state index contributed by atoms with van der Waals surface area (Å²) in [6, 6.07) is 0. The van der Waals surface area contributed by atoms with Gasteiger partial charge in [-0.1, -0.05) is 174 Å². The molecule has 0 radical (unpaired) electrons. The summed E-state index contributed by atoms with van der Waals surface area (Å²) >= 11 is 0. The Morgan fingerprint density at radius 2 is 1.02 bits per heavy atom. The Morgan fingerprint density at radius 1 is 0.545 bits per heavy atom. The Kier molecular flexibility index (Phi) is 23.6. The fraction of sp³-hybridized carbons (Fsp3) is 1.00. The first-order valence-electron chi connectivity index (χ1n) is 20.7. The molecule has 0 nitrogen and oxygen atoms in total. The number of rotatable bonds is 14. The third kappa shape index (κ3) is 18.9. The lowest BCUT2D eigenvalue weighted by molar-refractivity contribution is 0.177. The lowest BCUT2D eigenvalue weighted by Crippen LogP contribution is -2.19. The summed E-state index contributed by atoms with van der Waals surface area (Å²) in [6.45, 7) is 8.44. The second-order valence-corrected chi connectivity index (χ2v) is 16.3. The first-order chi connectivity index (χ1) is 21.4. The van der Waals surface area contributed by atoms with Gasteiger partial charge in [0.1, 0.15) is 12.3 Å². The van der Waals surface area contributed by atoms with Crippen LogP contribution in [0.1, 0.15) is 220 Å². The van der Waals surface area contributed by atoms with Crippen LogP contribution in [0.3, 0.4) is 0 Å². The van der Waals surface area contributed by atoms with Crippen molar-refractivity contribution in [3.8, 4) is 0 Å². The summed E-state index contributed by atoms with van der Waals surface area (Å²) in [4.78, 5) is 0. The predicted octanol–water partition coefficient (Wildman–Crippen LogP) is 15.2. The van der Waals surface area contributed by atoms with E-state index in [1.165, 1.54) is 167 Å². The Hall–Kier alpha value is -0.140. The van der Waals surface area contributed by atoms with E-state index >= 15 is 0 Å². The topological polar surface area (TPSA) is 0 Å². The van der Waals surface area contributed by atoms with Crippen LogP contribution in [0, 0.1) is 35.5 Å². The number of hydrogen-bond acceptors (Lipinski definition) is 0. The van der Waals surface area contributed by atoms with Crippen LogP contribution in [-0.4, -0.2) is 12.3 Å². The molecule has 0 spiro atoms. The van der Waals surface area contributed by atoms with Crippen molar-refractivity contribution in [2.45, 2.75) is 233 Å². The molecular weight excluding hydrogens is 542 g/mol. The molecule has 2 aliphatic carbocycles. The van der Waals surface area contributed by atoms with Gasteiger partial charge in [-0.05, 0) is 81.5 Å². The second kappa shape index (κ2) is 25.9. The summed E-state index contributed by atoms with van der Waals surface area (Å²) < 4.78 is 29.2. The molecule has 0 saturated heterocycles. The molecule has 8 atom stereocenters. The molecule has 44 heavy (non-hydrogen) atoms. The van der Waals surface area contributed by atoms with Gasteiger partial charge < -0.3 is 0 Å². The average Bonchev–Trinajstić information content (AvgIpc) is 3.00. The molecule has 2 fully saturated rings. The molecule has 8 unspecified atom stereocenters. The fourth-order valence-electron chi connectivity index (χ4n) is 9.26. The van der Waals surface area contributed by atoms with Crippen molar-refractivity contribution in [3.05, 3.63) is 0 Å². The van der Waals surface area contributed by atoms with Gasteiger partial charge in [0.05, 0.1) is 0 Å². The molecule has 2 saturated carbocycles. The Bertz CT molecular complexity index is 629. The molecule has 0 aromatic rings. The first-order valence-corrected chi connectivity index (χ1v) is 20.7. The predicted molar refractivity (Wildman–Crippen MR) is 192 cm³/mol. The molecule has 262 valence electrons. The summed E-state index contributed by atoms with van der Waals surface area (Å²) in [7, 11) is 0. The monoisotopic (exact) mass is 623 g/mol. The molecule has 2 aliphatic rings. The maximum atomic E-state index is 14.8. The maximum Gasteiger partial charge on any atom is 0.100 e. The lowest BCUT2D eigenvalue weighted by atomic mass is 9.76. The minimum Gasteiger partial charge on any atom is -0.247 e. The van der Waals surface area contributed by atoms with Gasteiger partial charge in [0.2, 0.25) is 0 Å². The van der Waals surface area contributed by atoms with Crippen molar-refractivity contribution in [2.75, 3.05) is 0 Å². The standard InChI is InChI=1S/C42H80F2/c1-5-6-7-8-9-10-12-21-29-42(37(4)44)34-38-25-17-15-16-20-28-40(31-22-24-35(2)33-38)41-27-19-14-11-13-18-26-39(36(3)43)30-23-32-41/h35-42H,5-34H2,1-4H3. The third-order valence-corrected chi connectivity index (χ3v) is 12.3. The van der Waals surface area contributed by atoms with E-state index in [4.69, 9.17) is 0 Å². The summed E-state index contributed by atoms with van der Waals surface area (Å²) in [5.41, 5.74) is 0. The average molecular weight is 623 g/mol. The largest absolute Gasteiger partial charge is 0.247 e. The van der Waals surface area contributed by atoms with Gasteiger partial charge in [0, 0.05) is 0 Å². The van der Waals surface area contributed by atoms with Gasteiger partial charge >= 0.3 is 0 Å². The lowest BCUT2D eigenvalue weighted by Gasteiger charge is -2.30. The van der Waals surface area contributed by atoms with Gasteiger partial charge in [-0.2, -0.15) is 0 Å². The first kappa shape index (κ1) is 40.0. The molecule has 0 aromatic heterocycles. The van der Waals surface area contributed by atoms with Crippen molar-refractivity contribution in [1.29, 1.82) is 0 Å². The number of unbranched alkanes of at least 4 members (excludes halogenated alkanes) is 7. The molecule has 0 aromatic carbocycles. The quantitative estimate of drug-likeness (QED) is 0.169. The number of alkyl halides is 2. The summed E-state index contributed by atoms with van der Waals surface area (Å²) in [5, 5.41) is 0. The highest BCUT2D eigenvalue weighted by Crippen LogP contribution is 2.37. The molecular formula is C42H80F2. The van der Waals surface area contributed by atoms with Crippen LogP contribution in [0.15, 0.2) is 0 Å². The zero-order chi connectivity index (χ0) is 31.8. The number of halogens is 2. The highest BCUT2D eigenvalue weighted by atomic mass is 19.1. The Morgan fingerprint density at radius 3 is 1.61 bits per heavy atom. The van der Waals surface area contributed by atoms with E-state index in [0.29, 0.717) is 5.92 Å². The fourth-order valence-corrected chi connectivity index (χ4v) is 9.26. The van der Waals surface area contributed by atoms with Crippen molar-refractivity contribution >= 4 is 0 Å². The zero-order valence-corrected chi connectivity index (χ0v) is 30.6. The number of hydrogen-bond donors (Lipinski definition) is 0. The van der Waals surface area contributed by atoms with Gasteiger partial charge in [0.15, 0.2) is 0 Å². The van der Waals surface area contributed by atoms with Crippen molar-refractivity contribution in [1.82, 2.24) is 0 Å². The van der Waals surface area contributed by atoms with E-state index in [1.807, 2.05) is 13.8 Å². The molecule has 0 aliphatic heterocycles. The van der Waals surface area contributed by atoms with Crippen molar-refractivity contribution in [3.63, 3.8) is 0 Å². The van der Waals surface area contributed by atoms with Gasteiger partial charge in [-0.3, -0.25) is 0 Å². The van der Waals surface area contributed by atoms with Gasteiger partial charge in [0.25, 0.3) is 0 Å². The Balaban J connectivity index is 1.87. The second-order valence-electron chi connectivity index (χ2n) is 16.3. The van der Waals surface area contributed by atoms with Crippen LogP contribution in [0.4, 0.5) is 8.78 Å². The molecule has 2 rings (SSSR count). The van der Waals surface area contributed by atoms with Crippen LogP contribution in [-0.2, 0) is 0 Å². The van der Waals surface area contributed by atoms with E-state index < -0.39 is 12.3 Å². The van der Waals surface area contributed by atoms with E-state index in [9.17, 15) is 8.78 Å². The zero-order valence-electron chi connectivity index (χ0n) is 30.6. The SMILES string of the molecule is CCCCCCCCCCC(CC1CCCCCCC(C2CCCCCCCC(C(C)F)CCC2)CCCC(C)C1)C(C)F. The highest BCUT2D eigenvalue weighted by molar-refractivity contribution is 4.77. The van der Waals surface area contributed by atoms with E-state index in [0.717, 1.165) is 49.4 Å². The van der Waals surface area contributed by atoms with Gasteiger partial charge in [-0.25, -0.2) is 8.78 Å². The molecule has 2 heteroatoms. The van der Waals surface area contributed by atoms with Crippen LogP contribution < -0.4 is 0 Å². The van der Waals surface area contributed by atoms with Crippen LogP contribution >= 0.6 is 0 Å². The van der Waals surface area contributed by atoms with Crippen molar-refractivity contribution in [2.24, 2.45) is 35.5 Å². The van der Waals surface area contributed by atoms with E-state index in [-0.39, 0.29) is 5.92 Å². The highest BCUT2D eigenvalue weighted by Gasteiger charge is 2.26. The molecule has 0 amide bonds. The minimum absolute atomic E-state index is 0.272. The van der Waals surface area contributed by atoms with Gasteiger partial charge in [-0.15, -0.1) is 0 Å². The van der Waals surface area contributed by atoms with E-state index in [1.54, 1.807) is 0 Å². The van der Waals surface area contributed by atoms with Crippen LogP contribution in [0.5, 0.6) is 0 Å². The van der Waals surface area contributed by atoms with Crippen LogP contribution in [0.25, 0.3) is 0 Å².